The van der Waals surface area contributed by atoms with Crippen LogP contribution in [0.3, 0.4) is 0 Å². The van der Waals surface area contributed by atoms with Crippen molar-refractivity contribution in [1.82, 2.24) is 9.55 Å². The minimum absolute atomic E-state index is 0.0309. The molecule has 2 N–H and O–H groups in total. The number of nitrogens with zero attached hydrogens (tertiary/aromatic N) is 2. The van der Waals surface area contributed by atoms with Gasteiger partial charge < -0.3 is 15.2 Å². The Morgan fingerprint density at radius 2 is 1.97 bits per heavy atom. The Morgan fingerprint density at radius 3 is 2.66 bits per heavy atom. The molecule has 0 saturated carbocycles. The van der Waals surface area contributed by atoms with Crippen LogP contribution >= 0.6 is 11.8 Å². The molecule has 0 fully saturated rings. The molecule has 0 spiro atoms. The average Bonchev–Trinajstić information content (AvgIpc) is 2.74. The van der Waals surface area contributed by atoms with E-state index in [1.807, 2.05) is 6.07 Å². The predicted molar refractivity (Wildman–Crippen MR) is 115 cm³/mol. The highest BCUT2D eigenvalue weighted by Gasteiger charge is 2.19. The number of rotatable bonds is 8. The van der Waals surface area contributed by atoms with Crippen LogP contribution in [0.5, 0.6) is 5.75 Å². The van der Waals surface area contributed by atoms with Gasteiger partial charge in [-0.2, -0.15) is 0 Å². The van der Waals surface area contributed by atoms with Crippen molar-refractivity contribution in [2.24, 2.45) is 0 Å². The van der Waals surface area contributed by atoms with Crippen molar-refractivity contribution in [1.29, 1.82) is 0 Å². The fourth-order valence-electron chi connectivity index (χ4n) is 2.79. The normalized spacial score (nSPS) is 12.0. The highest BCUT2D eigenvalue weighted by molar-refractivity contribution is 8.00. The lowest BCUT2D eigenvalue weighted by Crippen LogP contribution is -2.27. The van der Waals surface area contributed by atoms with Gasteiger partial charge in [0.15, 0.2) is 5.16 Å². The average molecular weight is 413 g/mol. The fraction of sp³-hybridized carbons (Fsp3) is 0.286. The first-order valence-corrected chi connectivity index (χ1v) is 10.1. The molecule has 0 aliphatic heterocycles. The van der Waals surface area contributed by atoms with E-state index in [0.29, 0.717) is 40.5 Å². The first-order valence-electron chi connectivity index (χ1n) is 9.25. The standard InChI is InChI=1S/C21H23N3O4S/c1-14(19(26)22-15-8-10-16(28-2)11-9-15)29-21-23-18-7-4-3-6-17(18)20(27)24(21)12-5-13-25/h3-4,6-11,14,25H,5,12-13H2,1-2H3,(H,22,26)/t14-/m1/s1. The van der Waals surface area contributed by atoms with Crippen LogP contribution in [0.4, 0.5) is 5.69 Å². The van der Waals surface area contributed by atoms with E-state index in [1.54, 1.807) is 56.5 Å². The van der Waals surface area contributed by atoms with E-state index < -0.39 is 5.25 Å². The van der Waals surface area contributed by atoms with Crippen LogP contribution in [0.2, 0.25) is 0 Å². The van der Waals surface area contributed by atoms with E-state index in [2.05, 4.69) is 10.3 Å². The number of benzene rings is 2. The summed E-state index contributed by atoms with van der Waals surface area (Å²) in [6, 6.07) is 14.2. The number of aliphatic hydroxyl groups is 1. The van der Waals surface area contributed by atoms with Gasteiger partial charge in [-0.1, -0.05) is 23.9 Å². The Labute approximate surface area is 172 Å². The SMILES string of the molecule is COc1ccc(NC(=O)[C@@H](C)Sc2nc3ccccc3c(=O)n2CCCO)cc1. The molecule has 29 heavy (non-hydrogen) atoms. The number of thioether (sulfide) groups is 1. The highest BCUT2D eigenvalue weighted by atomic mass is 32.2. The number of hydrogen-bond donors (Lipinski definition) is 2. The molecule has 0 unspecified atom stereocenters. The molecule has 1 heterocycles. The number of ether oxygens (including phenoxy) is 1. The summed E-state index contributed by atoms with van der Waals surface area (Å²) >= 11 is 1.22. The Bertz CT molecular complexity index is 1050. The maximum atomic E-state index is 12.9. The summed E-state index contributed by atoms with van der Waals surface area (Å²) in [7, 11) is 1.58. The minimum atomic E-state index is -0.481. The zero-order chi connectivity index (χ0) is 20.8. The third-order valence-electron chi connectivity index (χ3n) is 4.38. The summed E-state index contributed by atoms with van der Waals surface area (Å²) in [5.74, 6) is 0.509. The van der Waals surface area contributed by atoms with E-state index in [-0.39, 0.29) is 18.1 Å². The second kappa shape index (κ2) is 9.58. The third kappa shape index (κ3) is 4.96. The number of carbonyl (C=O) groups excluding carboxylic acids is 1. The predicted octanol–water partition coefficient (Wildman–Crippen LogP) is 2.91. The van der Waals surface area contributed by atoms with Gasteiger partial charge >= 0.3 is 0 Å². The van der Waals surface area contributed by atoms with Crippen molar-refractivity contribution in [2.45, 2.75) is 30.3 Å². The molecule has 3 rings (SSSR count). The van der Waals surface area contributed by atoms with E-state index in [4.69, 9.17) is 4.74 Å². The summed E-state index contributed by atoms with van der Waals surface area (Å²) in [5.41, 5.74) is 1.07. The molecule has 2 aromatic carbocycles. The molecule has 1 amide bonds. The van der Waals surface area contributed by atoms with Crippen LogP contribution in [-0.4, -0.2) is 39.5 Å². The molecular weight excluding hydrogens is 390 g/mol. The number of aliphatic hydroxyl groups excluding tert-OH is 1. The lowest BCUT2D eigenvalue weighted by molar-refractivity contribution is -0.115. The Kier molecular flexibility index (Phi) is 6.90. The first kappa shape index (κ1) is 20.9. The van der Waals surface area contributed by atoms with Crippen LogP contribution in [0.1, 0.15) is 13.3 Å². The maximum Gasteiger partial charge on any atom is 0.262 e. The van der Waals surface area contributed by atoms with Gasteiger partial charge in [-0.3, -0.25) is 14.2 Å². The number of aromatic nitrogens is 2. The Morgan fingerprint density at radius 1 is 1.24 bits per heavy atom. The zero-order valence-electron chi connectivity index (χ0n) is 16.3. The summed E-state index contributed by atoms with van der Waals surface area (Å²) in [6.45, 7) is 2.07. The largest absolute Gasteiger partial charge is 0.497 e. The summed E-state index contributed by atoms with van der Waals surface area (Å²) in [5, 5.41) is 12.5. The van der Waals surface area contributed by atoms with Gasteiger partial charge in [0.2, 0.25) is 5.91 Å². The molecule has 1 atom stereocenters. The van der Waals surface area contributed by atoms with Crippen molar-refractivity contribution >= 4 is 34.3 Å². The van der Waals surface area contributed by atoms with Gasteiger partial charge in [-0.05, 0) is 49.7 Å². The number of hydrogen-bond acceptors (Lipinski definition) is 6. The van der Waals surface area contributed by atoms with Gasteiger partial charge in [0.1, 0.15) is 5.75 Å². The molecule has 0 radical (unpaired) electrons. The monoisotopic (exact) mass is 413 g/mol. The molecule has 8 heteroatoms. The lowest BCUT2D eigenvalue weighted by atomic mass is 10.2. The number of carbonyl (C=O) groups is 1. The molecule has 7 nitrogen and oxygen atoms in total. The number of fused-ring (bicyclic) bond motifs is 1. The van der Waals surface area contributed by atoms with Crippen molar-refractivity contribution in [2.75, 3.05) is 19.0 Å². The molecule has 0 aliphatic rings. The van der Waals surface area contributed by atoms with Gasteiger partial charge in [0.05, 0.1) is 23.3 Å². The number of para-hydroxylation sites is 1. The first-order chi connectivity index (χ1) is 14.0. The molecular formula is C21H23N3O4S. The topological polar surface area (TPSA) is 93.5 Å². The van der Waals surface area contributed by atoms with E-state index >= 15 is 0 Å². The van der Waals surface area contributed by atoms with Gasteiger partial charge in [0, 0.05) is 18.8 Å². The zero-order valence-corrected chi connectivity index (χ0v) is 17.1. The minimum Gasteiger partial charge on any atom is -0.497 e. The second-order valence-electron chi connectivity index (χ2n) is 6.42. The highest BCUT2D eigenvalue weighted by Crippen LogP contribution is 2.24. The third-order valence-corrected chi connectivity index (χ3v) is 5.47. The van der Waals surface area contributed by atoms with E-state index in [9.17, 15) is 14.7 Å². The fourth-order valence-corrected chi connectivity index (χ4v) is 3.73. The van der Waals surface area contributed by atoms with Crippen molar-refractivity contribution in [3.05, 3.63) is 58.9 Å². The van der Waals surface area contributed by atoms with Crippen LogP contribution in [0, 0.1) is 0 Å². The Hall–Kier alpha value is -2.84. The number of amides is 1. The van der Waals surface area contributed by atoms with Crippen LogP contribution < -0.4 is 15.6 Å². The second-order valence-corrected chi connectivity index (χ2v) is 7.73. The van der Waals surface area contributed by atoms with Gasteiger partial charge in [0.25, 0.3) is 5.56 Å². The number of methoxy groups -OCH3 is 1. The molecule has 152 valence electrons. The Balaban J connectivity index is 1.83. The quantitative estimate of drug-likeness (QED) is 0.436. The van der Waals surface area contributed by atoms with Crippen LogP contribution in [0.15, 0.2) is 58.5 Å². The summed E-state index contributed by atoms with van der Waals surface area (Å²) in [4.78, 5) is 30.1. The summed E-state index contributed by atoms with van der Waals surface area (Å²) < 4.78 is 6.65. The van der Waals surface area contributed by atoms with Crippen LogP contribution in [0.25, 0.3) is 10.9 Å². The molecule has 1 aromatic heterocycles. The number of anilines is 1. The molecule has 0 saturated heterocycles. The maximum absolute atomic E-state index is 12.9. The van der Waals surface area contributed by atoms with Crippen LogP contribution in [-0.2, 0) is 11.3 Å². The lowest BCUT2D eigenvalue weighted by Gasteiger charge is -2.16. The van der Waals surface area contributed by atoms with Crippen molar-refractivity contribution in [3.63, 3.8) is 0 Å². The molecule has 3 aromatic rings. The van der Waals surface area contributed by atoms with Crippen molar-refractivity contribution in [3.8, 4) is 5.75 Å². The summed E-state index contributed by atoms with van der Waals surface area (Å²) in [6.07, 6.45) is 0.430. The smallest absolute Gasteiger partial charge is 0.262 e. The van der Waals surface area contributed by atoms with Gasteiger partial charge in [-0.25, -0.2) is 4.98 Å². The number of nitrogens with one attached hydrogen (secondary N) is 1. The van der Waals surface area contributed by atoms with Crippen molar-refractivity contribution < 1.29 is 14.6 Å². The molecule has 0 bridgehead atoms. The van der Waals surface area contributed by atoms with Gasteiger partial charge in [-0.15, -0.1) is 0 Å². The van der Waals surface area contributed by atoms with E-state index in [1.165, 1.54) is 16.3 Å². The molecule has 0 aliphatic carbocycles. The van der Waals surface area contributed by atoms with E-state index in [0.717, 1.165) is 0 Å².